The Morgan fingerprint density at radius 3 is 2.71 bits per heavy atom. The van der Waals surface area contributed by atoms with Gasteiger partial charge in [0.15, 0.2) is 0 Å². The molecule has 0 spiro atoms. The van der Waals surface area contributed by atoms with Crippen molar-refractivity contribution >= 4 is 22.9 Å². The molecule has 2 N–H and O–H groups in total. The van der Waals surface area contributed by atoms with Gasteiger partial charge in [-0.2, -0.15) is 0 Å². The number of benzene rings is 2. The Morgan fingerprint density at radius 2 is 2.00 bits per heavy atom. The topological polar surface area (TPSA) is 29.3 Å². The van der Waals surface area contributed by atoms with E-state index in [1.165, 1.54) is 11.6 Å². The van der Waals surface area contributed by atoms with E-state index in [-0.39, 0.29) is 11.9 Å². The first kappa shape index (κ1) is 14.0. The van der Waals surface area contributed by atoms with E-state index in [2.05, 4.69) is 17.0 Å². The molecule has 2 nitrogen and oxygen atoms in total. The van der Waals surface area contributed by atoms with Crippen molar-refractivity contribution in [3.63, 3.8) is 0 Å². The predicted octanol–water partition coefficient (Wildman–Crippen LogP) is 3.61. The molecule has 0 radical (unpaired) electrons. The first-order valence-corrected chi connectivity index (χ1v) is 7.44. The van der Waals surface area contributed by atoms with Crippen LogP contribution in [0.4, 0.5) is 10.1 Å². The molecule has 0 aliphatic carbocycles. The molecule has 0 bridgehead atoms. The molecule has 1 unspecified atom stereocenters. The minimum atomic E-state index is -0.206. The standard InChI is InChI=1S/C17H17FN2S/c18-14-7-6-13-8-9-20(15(13)10-14)16(11-17(19)21)12-4-2-1-3-5-12/h1-7,10,16H,8-9,11H2,(H2,19,21). The fraction of sp³-hybridized carbons (Fsp3) is 0.235. The summed E-state index contributed by atoms with van der Waals surface area (Å²) < 4.78 is 13.6. The molecule has 2 aromatic rings. The number of hydrogen-bond donors (Lipinski definition) is 1. The molecule has 1 aliphatic rings. The maximum absolute atomic E-state index is 13.6. The van der Waals surface area contributed by atoms with Gasteiger partial charge in [-0.3, -0.25) is 0 Å². The monoisotopic (exact) mass is 300 g/mol. The minimum Gasteiger partial charge on any atom is -0.393 e. The number of halogens is 1. The van der Waals surface area contributed by atoms with E-state index in [1.54, 1.807) is 6.07 Å². The lowest BCUT2D eigenvalue weighted by Crippen LogP contribution is -2.30. The molecule has 0 saturated heterocycles. The first-order chi connectivity index (χ1) is 10.1. The molecular formula is C17H17FN2S. The average molecular weight is 300 g/mol. The van der Waals surface area contributed by atoms with Crippen LogP contribution in [0.5, 0.6) is 0 Å². The summed E-state index contributed by atoms with van der Waals surface area (Å²) in [7, 11) is 0. The third-order valence-corrected chi connectivity index (χ3v) is 4.10. The van der Waals surface area contributed by atoms with Crippen LogP contribution in [0.25, 0.3) is 0 Å². The van der Waals surface area contributed by atoms with E-state index >= 15 is 0 Å². The van der Waals surface area contributed by atoms with Crippen molar-refractivity contribution < 1.29 is 4.39 Å². The van der Waals surface area contributed by atoms with E-state index in [0.29, 0.717) is 11.4 Å². The Balaban J connectivity index is 1.99. The molecule has 1 heterocycles. The van der Waals surface area contributed by atoms with Crippen LogP contribution in [0, 0.1) is 5.82 Å². The van der Waals surface area contributed by atoms with Crippen molar-refractivity contribution in [1.82, 2.24) is 0 Å². The van der Waals surface area contributed by atoms with E-state index in [1.807, 2.05) is 24.3 Å². The Labute approximate surface area is 129 Å². The summed E-state index contributed by atoms with van der Waals surface area (Å²) in [6, 6.07) is 15.2. The van der Waals surface area contributed by atoms with E-state index < -0.39 is 0 Å². The smallest absolute Gasteiger partial charge is 0.125 e. The van der Waals surface area contributed by atoms with Gasteiger partial charge in [0.05, 0.1) is 11.0 Å². The van der Waals surface area contributed by atoms with Gasteiger partial charge in [0.25, 0.3) is 0 Å². The molecule has 0 fully saturated rings. The molecular weight excluding hydrogens is 283 g/mol. The summed E-state index contributed by atoms with van der Waals surface area (Å²) in [5.74, 6) is -0.206. The highest BCUT2D eigenvalue weighted by molar-refractivity contribution is 7.80. The van der Waals surface area contributed by atoms with E-state index in [4.69, 9.17) is 18.0 Å². The second kappa shape index (κ2) is 5.82. The second-order valence-electron chi connectivity index (χ2n) is 5.31. The third-order valence-electron chi connectivity index (χ3n) is 3.93. The molecule has 4 heteroatoms. The number of nitrogens with two attached hydrogens (primary N) is 1. The lowest BCUT2D eigenvalue weighted by Gasteiger charge is -2.30. The van der Waals surface area contributed by atoms with Crippen LogP contribution in [0.3, 0.4) is 0 Å². The van der Waals surface area contributed by atoms with Gasteiger partial charge in [0.1, 0.15) is 5.82 Å². The Bertz CT molecular complexity index is 657. The lowest BCUT2D eigenvalue weighted by atomic mass is 10.0. The summed E-state index contributed by atoms with van der Waals surface area (Å²) in [5.41, 5.74) is 9.07. The second-order valence-corrected chi connectivity index (χ2v) is 5.84. The van der Waals surface area contributed by atoms with Crippen LogP contribution < -0.4 is 10.6 Å². The van der Waals surface area contributed by atoms with Crippen LogP contribution in [-0.4, -0.2) is 11.5 Å². The molecule has 0 amide bonds. The summed E-state index contributed by atoms with van der Waals surface area (Å²) in [5, 5.41) is 0. The van der Waals surface area contributed by atoms with Crippen molar-refractivity contribution in [2.75, 3.05) is 11.4 Å². The fourth-order valence-corrected chi connectivity index (χ4v) is 3.13. The lowest BCUT2D eigenvalue weighted by molar-refractivity contribution is 0.623. The minimum absolute atomic E-state index is 0.0618. The zero-order valence-electron chi connectivity index (χ0n) is 11.6. The quantitative estimate of drug-likeness (QED) is 0.875. The van der Waals surface area contributed by atoms with Gasteiger partial charge in [0, 0.05) is 18.7 Å². The van der Waals surface area contributed by atoms with Crippen molar-refractivity contribution in [2.24, 2.45) is 5.73 Å². The van der Waals surface area contributed by atoms with Crippen LogP contribution in [0.2, 0.25) is 0 Å². The normalized spacial score (nSPS) is 14.8. The van der Waals surface area contributed by atoms with Gasteiger partial charge < -0.3 is 10.6 Å². The number of thiocarbonyl (C=S) groups is 1. The van der Waals surface area contributed by atoms with Crippen LogP contribution >= 0.6 is 12.2 Å². The maximum Gasteiger partial charge on any atom is 0.125 e. The molecule has 1 atom stereocenters. The fourth-order valence-electron chi connectivity index (χ4n) is 2.97. The molecule has 3 rings (SSSR count). The van der Waals surface area contributed by atoms with Gasteiger partial charge in [-0.15, -0.1) is 0 Å². The first-order valence-electron chi connectivity index (χ1n) is 7.03. The molecule has 108 valence electrons. The molecule has 1 aliphatic heterocycles. The van der Waals surface area contributed by atoms with E-state index in [0.717, 1.165) is 24.2 Å². The molecule has 21 heavy (non-hydrogen) atoms. The Kier molecular flexibility index (Phi) is 3.88. The van der Waals surface area contributed by atoms with Gasteiger partial charge in [-0.1, -0.05) is 48.6 Å². The highest BCUT2D eigenvalue weighted by atomic mass is 32.1. The van der Waals surface area contributed by atoms with Gasteiger partial charge >= 0.3 is 0 Å². The van der Waals surface area contributed by atoms with E-state index in [9.17, 15) is 4.39 Å². The number of nitrogens with zero attached hydrogens (tertiary/aromatic N) is 1. The zero-order chi connectivity index (χ0) is 14.8. The van der Waals surface area contributed by atoms with Crippen molar-refractivity contribution in [3.05, 3.63) is 65.5 Å². The van der Waals surface area contributed by atoms with Gasteiger partial charge in [-0.05, 0) is 29.7 Å². The number of fused-ring (bicyclic) bond motifs is 1. The van der Waals surface area contributed by atoms with Crippen LogP contribution in [-0.2, 0) is 6.42 Å². The highest BCUT2D eigenvalue weighted by Gasteiger charge is 2.27. The molecule has 0 saturated carbocycles. The average Bonchev–Trinajstić information content (AvgIpc) is 2.88. The van der Waals surface area contributed by atoms with Gasteiger partial charge in [-0.25, -0.2) is 4.39 Å². The zero-order valence-corrected chi connectivity index (χ0v) is 12.4. The predicted molar refractivity (Wildman–Crippen MR) is 88.0 cm³/mol. The summed E-state index contributed by atoms with van der Waals surface area (Å²) in [6.45, 7) is 0.862. The van der Waals surface area contributed by atoms with Gasteiger partial charge in [0.2, 0.25) is 0 Å². The largest absolute Gasteiger partial charge is 0.393 e. The number of rotatable bonds is 4. The van der Waals surface area contributed by atoms with Crippen molar-refractivity contribution in [1.29, 1.82) is 0 Å². The number of hydrogen-bond acceptors (Lipinski definition) is 2. The van der Waals surface area contributed by atoms with Crippen molar-refractivity contribution in [3.8, 4) is 0 Å². The maximum atomic E-state index is 13.6. The highest BCUT2D eigenvalue weighted by Crippen LogP contribution is 2.37. The summed E-state index contributed by atoms with van der Waals surface area (Å²) >= 11 is 5.11. The third kappa shape index (κ3) is 2.90. The Morgan fingerprint density at radius 1 is 1.24 bits per heavy atom. The SMILES string of the molecule is NC(=S)CC(c1ccccc1)N1CCc2ccc(F)cc21. The molecule has 2 aromatic carbocycles. The summed E-state index contributed by atoms with van der Waals surface area (Å²) in [6.07, 6.45) is 1.52. The number of anilines is 1. The van der Waals surface area contributed by atoms with Crippen LogP contribution in [0.15, 0.2) is 48.5 Å². The summed E-state index contributed by atoms with van der Waals surface area (Å²) in [4.78, 5) is 2.70. The molecule has 0 aromatic heterocycles. The van der Waals surface area contributed by atoms with Crippen molar-refractivity contribution in [2.45, 2.75) is 18.9 Å². The van der Waals surface area contributed by atoms with Crippen LogP contribution in [0.1, 0.15) is 23.6 Å². The Hall–Kier alpha value is -1.94.